The number of aromatic nitrogens is 1. The molecule has 5 aromatic rings. The highest BCUT2D eigenvalue weighted by Gasteiger charge is 2.38. The molecule has 1 unspecified atom stereocenters. The van der Waals surface area contributed by atoms with Gasteiger partial charge in [-0.25, -0.2) is 4.79 Å². The fraction of sp³-hybridized carbons (Fsp3) is 0.220. The summed E-state index contributed by atoms with van der Waals surface area (Å²) in [5.74, 6) is -0.884. The number of carbonyl (C=O) groups excluding carboxylic acids is 2. The molecule has 10 heteroatoms. The minimum Gasteiger partial charge on any atom is -0.508 e. The Hall–Kier alpha value is -6.16. The molecule has 0 radical (unpaired) electrons. The number of amides is 2. The zero-order chi connectivity index (χ0) is 35.6. The summed E-state index contributed by atoms with van der Waals surface area (Å²) in [4.78, 5) is 46.3. The number of hydrogen-bond acceptors (Lipinski definition) is 7. The Bertz CT molecular complexity index is 2100. The van der Waals surface area contributed by atoms with Crippen molar-refractivity contribution in [1.82, 2.24) is 15.2 Å². The number of benzene rings is 4. The first kappa shape index (κ1) is 33.3. The van der Waals surface area contributed by atoms with E-state index >= 15 is 0 Å². The van der Waals surface area contributed by atoms with Crippen LogP contribution in [-0.4, -0.2) is 56.6 Å². The lowest BCUT2D eigenvalue weighted by molar-refractivity contribution is -0.142. The maximum atomic E-state index is 14.0. The molecule has 7 rings (SSSR count). The first-order chi connectivity index (χ1) is 24.6. The maximum absolute atomic E-state index is 14.0. The smallest absolute Gasteiger partial charge is 0.326 e. The average Bonchev–Trinajstić information content (AvgIpc) is 3.14. The molecule has 3 atom stereocenters. The van der Waals surface area contributed by atoms with Gasteiger partial charge in [0.2, 0.25) is 5.91 Å². The highest BCUT2D eigenvalue weighted by molar-refractivity contribution is 5.98. The van der Waals surface area contributed by atoms with Gasteiger partial charge < -0.3 is 29.9 Å². The predicted octanol–water partition coefficient (Wildman–Crippen LogP) is 5.96. The van der Waals surface area contributed by atoms with Crippen molar-refractivity contribution < 1.29 is 34.1 Å². The lowest BCUT2D eigenvalue weighted by Crippen LogP contribution is -2.56. The van der Waals surface area contributed by atoms with Crippen LogP contribution in [0.5, 0.6) is 17.2 Å². The van der Waals surface area contributed by atoms with E-state index in [1.54, 1.807) is 54.7 Å². The van der Waals surface area contributed by atoms with Crippen molar-refractivity contribution in [2.75, 3.05) is 6.61 Å². The molecule has 2 aliphatic rings. The van der Waals surface area contributed by atoms with Crippen molar-refractivity contribution in [3.63, 3.8) is 0 Å². The molecule has 3 heterocycles. The lowest BCUT2D eigenvalue weighted by Gasteiger charge is -2.37. The van der Waals surface area contributed by atoms with E-state index in [4.69, 9.17) is 9.47 Å². The van der Waals surface area contributed by atoms with Crippen molar-refractivity contribution in [3.05, 3.63) is 142 Å². The summed E-state index contributed by atoms with van der Waals surface area (Å²) in [5, 5.41) is 22.6. The second kappa shape index (κ2) is 14.0. The molecule has 258 valence electrons. The van der Waals surface area contributed by atoms with Crippen LogP contribution in [0.25, 0.3) is 11.1 Å². The third-order valence-electron chi connectivity index (χ3n) is 9.68. The molecule has 0 fully saturated rings. The summed E-state index contributed by atoms with van der Waals surface area (Å²) < 4.78 is 12.4. The van der Waals surface area contributed by atoms with Crippen molar-refractivity contribution in [1.29, 1.82) is 0 Å². The standard InChI is InChI=1S/C41H37N3O7/c1-24-25(2)42-17-16-33(24)27-10-8-26(9-11-27)18-34(41(48)49)43-39(46)35-19-30-20-36-37(51-38(23-50-36)28-12-14-32(45)15-13-28)21-31(30)22-44(35)40(47)29-6-4-3-5-7-29/h3-17,20-21,34-35,38,45H,18-19,22-23H2,1-2H3,(H,43,46)(H,48,49)/t34?,35-,38+/m0/s1. The minimum absolute atomic E-state index is 0.0620. The number of pyridine rings is 1. The van der Waals surface area contributed by atoms with Gasteiger partial charge in [0.05, 0.1) is 0 Å². The van der Waals surface area contributed by atoms with E-state index in [0.29, 0.717) is 17.1 Å². The number of nitrogens with one attached hydrogen (secondary N) is 1. The maximum Gasteiger partial charge on any atom is 0.326 e. The summed E-state index contributed by atoms with van der Waals surface area (Å²) >= 11 is 0. The first-order valence-corrected chi connectivity index (χ1v) is 16.8. The summed E-state index contributed by atoms with van der Waals surface area (Å²) in [6.45, 7) is 4.33. The molecular formula is C41H37N3O7. The number of carbonyl (C=O) groups is 3. The van der Waals surface area contributed by atoms with Crippen LogP contribution < -0.4 is 14.8 Å². The van der Waals surface area contributed by atoms with Gasteiger partial charge in [-0.2, -0.15) is 0 Å². The number of aliphatic carboxylic acids is 1. The number of fused-ring (bicyclic) bond motifs is 2. The van der Waals surface area contributed by atoms with Crippen molar-refractivity contribution in [2.45, 2.75) is 51.4 Å². The molecule has 0 aliphatic carbocycles. The number of nitrogens with zero attached hydrogens (tertiary/aromatic N) is 2. The Morgan fingerprint density at radius 3 is 2.37 bits per heavy atom. The zero-order valence-electron chi connectivity index (χ0n) is 28.2. The Balaban J connectivity index is 1.13. The highest BCUT2D eigenvalue weighted by Crippen LogP contribution is 2.41. The number of phenols is 1. The molecule has 4 aromatic carbocycles. The number of aryl methyl sites for hydroxylation is 1. The van der Waals surface area contributed by atoms with Crippen LogP contribution in [0.2, 0.25) is 0 Å². The van der Waals surface area contributed by atoms with Crippen molar-refractivity contribution in [3.8, 4) is 28.4 Å². The fourth-order valence-electron chi connectivity index (χ4n) is 6.68. The zero-order valence-corrected chi connectivity index (χ0v) is 28.2. The Morgan fingerprint density at radius 2 is 1.65 bits per heavy atom. The molecule has 0 spiro atoms. The van der Waals surface area contributed by atoms with Gasteiger partial charge in [-0.15, -0.1) is 0 Å². The topological polar surface area (TPSA) is 138 Å². The van der Waals surface area contributed by atoms with Crippen LogP contribution in [0.3, 0.4) is 0 Å². The molecule has 0 saturated carbocycles. The quantitative estimate of drug-likeness (QED) is 0.182. The first-order valence-electron chi connectivity index (χ1n) is 16.8. The van der Waals surface area contributed by atoms with Crippen LogP contribution in [0.15, 0.2) is 103 Å². The van der Waals surface area contributed by atoms with Gasteiger partial charge in [0.25, 0.3) is 5.91 Å². The molecule has 0 saturated heterocycles. The normalized spacial score (nSPS) is 16.9. The summed E-state index contributed by atoms with van der Waals surface area (Å²) in [5.41, 5.74) is 7.66. The van der Waals surface area contributed by atoms with Gasteiger partial charge in [-0.3, -0.25) is 14.6 Å². The second-order valence-electron chi connectivity index (χ2n) is 13.0. The molecule has 1 aromatic heterocycles. The van der Waals surface area contributed by atoms with Gasteiger partial charge in [-0.05, 0) is 95.3 Å². The largest absolute Gasteiger partial charge is 0.508 e. The number of carboxylic acids is 1. The van der Waals surface area contributed by atoms with Gasteiger partial charge in [-0.1, -0.05) is 54.6 Å². The minimum atomic E-state index is -1.22. The molecule has 51 heavy (non-hydrogen) atoms. The van der Waals surface area contributed by atoms with E-state index in [0.717, 1.165) is 44.6 Å². The second-order valence-corrected chi connectivity index (χ2v) is 13.0. The van der Waals surface area contributed by atoms with E-state index in [9.17, 15) is 24.6 Å². The third kappa shape index (κ3) is 6.98. The summed E-state index contributed by atoms with van der Waals surface area (Å²) in [7, 11) is 0. The van der Waals surface area contributed by atoms with E-state index < -0.39 is 30.1 Å². The molecular weight excluding hydrogens is 646 g/mol. The van der Waals surface area contributed by atoms with E-state index in [-0.39, 0.29) is 37.6 Å². The number of rotatable bonds is 8. The number of ether oxygens (including phenoxy) is 2. The number of carboxylic acid groups (broad SMARTS) is 1. The van der Waals surface area contributed by atoms with Gasteiger partial charge in [0.1, 0.15) is 24.4 Å². The predicted molar refractivity (Wildman–Crippen MR) is 190 cm³/mol. The SMILES string of the molecule is Cc1nccc(-c2ccc(CC(NC(=O)[C@@H]3Cc4cc5c(cc4CN3C(=O)c3ccccc3)O[C@@H](c3ccc(O)cc3)CO5)C(=O)O)cc2)c1C. The number of phenolic OH excluding ortho intramolecular Hbond substituents is 1. The van der Waals surface area contributed by atoms with Crippen LogP contribution in [-0.2, 0) is 29.0 Å². The van der Waals surface area contributed by atoms with E-state index in [1.807, 2.05) is 62.4 Å². The Kier molecular flexibility index (Phi) is 9.15. The summed E-state index contributed by atoms with van der Waals surface area (Å²) in [6, 6.07) is 26.5. The third-order valence-corrected chi connectivity index (χ3v) is 9.68. The fourth-order valence-corrected chi connectivity index (χ4v) is 6.68. The molecule has 0 bridgehead atoms. The molecule has 2 amide bonds. The van der Waals surface area contributed by atoms with Crippen molar-refractivity contribution >= 4 is 17.8 Å². The lowest BCUT2D eigenvalue weighted by atomic mass is 9.91. The Labute approximate surface area is 295 Å². The van der Waals surface area contributed by atoms with E-state index in [2.05, 4.69) is 10.3 Å². The van der Waals surface area contributed by atoms with E-state index in [1.165, 1.54) is 4.90 Å². The Morgan fingerprint density at radius 1 is 0.922 bits per heavy atom. The van der Waals surface area contributed by atoms with Gasteiger partial charge in [0, 0.05) is 36.8 Å². The number of aromatic hydroxyl groups is 1. The highest BCUT2D eigenvalue weighted by atomic mass is 16.6. The van der Waals surface area contributed by atoms with Crippen LogP contribution in [0.1, 0.15) is 50.0 Å². The molecule has 3 N–H and O–H groups in total. The molecule has 10 nitrogen and oxygen atoms in total. The number of hydrogen-bond donors (Lipinski definition) is 3. The molecule has 2 aliphatic heterocycles. The van der Waals surface area contributed by atoms with Crippen molar-refractivity contribution in [2.24, 2.45) is 0 Å². The summed E-state index contributed by atoms with van der Waals surface area (Å²) in [6.07, 6.45) is 1.59. The van der Waals surface area contributed by atoms with Gasteiger partial charge in [0.15, 0.2) is 17.6 Å². The van der Waals surface area contributed by atoms with Crippen LogP contribution in [0.4, 0.5) is 0 Å². The average molecular weight is 684 g/mol. The monoisotopic (exact) mass is 683 g/mol. The van der Waals surface area contributed by atoms with Gasteiger partial charge >= 0.3 is 5.97 Å². The van der Waals surface area contributed by atoms with Crippen LogP contribution >= 0.6 is 0 Å². The van der Waals surface area contributed by atoms with Crippen LogP contribution in [0, 0.1) is 13.8 Å².